The zero-order chi connectivity index (χ0) is 13.8. The number of ether oxygens (including phenoxy) is 1. The molecule has 0 aliphatic heterocycles. The lowest BCUT2D eigenvalue weighted by atomic mass is 10.3. The lowest BCUT2D eigenvalue weighted by Gasteiger charge is -2.05. The van der Waals surface area contributed by atoms with Crippen molar-refractivity contribution in [3.05, 3.63) is 34.2 Å². The number of carbonyl (C=O) groups excluding carboxylic acids is 2. The second-order valence-corrected chi connectivity index (χ2v) is 4.71. The van der Waals surface area contributed by atoms with Gasteiger partial charge in [0, 0.05) is 18.5 Å². The topological polar surface area (TPSA) is 73.2 Å². The number of rotatable bonds is 4. The lowest BCUT2D eigenvalue weighted by molar-refractivity contribution is -0.119. The zero-order valence-corrected chi connectivity index (χ0v) is 11.4. The molecule has 0 aliphatic rings. The molecule has 0 fully saturated rings. The molecule has 0 unspecified atom stereocenters. The van der Waals surface area contributed by atoms with Gasteiger partial charge in [-0.15, -0.1) is 0 Å². The van der Waals surface area contributed by atoms with E-state index in [-0.39, 0.29) is 6.61 Å². The first-order valence-corrected chi connectivity index (χ1v) is 6.50. The molecule has 2 aromatic heterocycles. The van der Waals surface area contributed by atoms with Gasteiger partial charge in [-0.3, -0.25) is 9.48 Å². The number of nitrogens with one attached hydrogen (secondary N) is 1. The monoisotopic (exact) mass is 279 g/mol. The van der Waals surface area contributed by atoms with Crippen LogP contribution >= 0.6 is 11.3 Å². The van der Waals surface area contributed by atoms with Crippen LogP contribution < -0.4 is 5.32 Å². The fourth-order valence-electron chi connectivity index (χ4n) is 1.50. The average molecular weight is 279 g/mol. The van der Waals surface area contributed by atoms with E-state index in [1.54, 1.807) is 34.6 Å². The maximum absolute atomic E-state index is 11.6. The Bertz CT molecular complexity index is 589. The Hall–Kier alpha value is -2.15. The van der Waals surface area contributed by atoms with E-state index >= 15 is 0 Å². The summed E-state index contributed by atoms with van der Waals surface area (Å²) < 4.78 is 6.44. The van der Waals surface area contributed by atoms with E-state index < -0.39 is 11.9 Å². The Morgan fingerprint density at radius 2 is 2.32 bits per heavy atom. The van der Waals surface area contributed by atoms with Gasteiger partial charge in [0.25, 0.3) is 5.91 Å². The molecule has 0 radical (unpaired) electrons. The fraction of sp³-hybridized carbons (Fsp3) is 0.250. The second kappa shape index (κ2) is 5.66. The number of hydrogen-bond acceptors (Lipinski definition) is 5. The molecule has 0 bridgehead atoms. The van der Waals surface area contributed by atoms with Crippen LogP contribution in [0.3, 0.4) is 0 Å². The van der Waals surface area contributed by atoms with E-state index in [0.717, 1.165) is 5.69 Å². The first-order valence-electron chi connectivity index (χ1n) is 5.56. The molecule has 1 amide bonds. The molecule has 0 saturated carbocycles. The zero-order valence-electron chi connectivity index (χ0n) is 10.5. The Balaban J connectivity index is 1.85. The molecule has 7 heteroatoms. The van der Waals surface area contributed by atoms with Crippen LogP contribution in [0.2, 0.25) is 0 Å². The summed E-state index contributed by atoms with van der Waals surface area (Å²) in [5, 5.41) is 10.2. The molecule has 100 valence electrons. The second-order valence-electron chi connectivity index (χ2n) is 3.93. The molecule has 0 aliphatic carbocycles. The van der Waals surface area contributed by atoms with Gasteiger partial charge in [0.05, 0.1) is 11.3 Å². The highest BCUT2D eigenvalue weighted by molar-refractivity contribution is 7.08. The Morgan fingerprint density at radius 1 is 1.53 bits per heavy atom. The van der Waals surface area contributed by atoms with E-state index in [1.807, 2.05) is 6.92 Å². The fourth-order valence-corrected chi connectivity index (χ4v) is 2.13. The number of amides is 1. The van der Waals surface area contributed by atoms with Gasteiger partial charge in [0.15, 0.2) is 6.61 Å². The smallest absolute Gasteiger partial charge is 0.339 e. The molecule has 0 saturated heterocycles. The molecular weight excluding hydrogens is 266 g/mol. The first kappa shape index (κ1) is 13.3. The maximum atomic E-state index is 11.6. The van der Waals surface area contributed by atoms with Crippen LogP contribution in [0.15, 0.2) is 22.9 Å². The van der Waals surface area contributed by atoms with Crippen molar-refractivity contribution < 1.29 is 14.3 Å². The largest absolute Gasteiger partial charge is 0.452 e. The first-order chi connectivity index (χ1) is 9.06. The number of hydrogen-bond donors (Lipinski definition) is 1. The molecule has 2 rings (SSSR count). The Morgan fingerprint density at radius 3 is 2.89 bits per heavy atom. The molecule has 19 heavy (non-hydrogen) atoms. The van der Waals surface area contributed by atoms with Crippen LogP contribution in [0, 0.1) is 6.92 Å². The van der Waals surface area contributed by atoms with Gasteiger partial charge in [0.1, 0.15) is 5.82 Å². The third-order valence-corrected chi connectivity index (χ3v) is 3.04. The molecule has 0 atom stereocenters. The Labute approximate surface area is 114 Å². The van der Waals surface area contributed by atoms with Crippen molar-refractivity contribution in [2.45, 2.75) is 6.92 Å². The minimum Gasteiger partial charge on any atom is -0.452 e. The highest BCUT2D eigenvalue weighted by atomic mass is 32.1. The molecule has 0 aromatic carbocycles. The van der Waals surface area contributed by atoms with Crippen LogP contribution in [0.4, 0.5) is 5.82 Å². The van der Waals surface area contributed by atoms with Crippen LogP contribution in [-0.4, -0.2) is 28.3 Å². The normalized spacial score (nSPS) is 10.2. The maximum Gasteiger partial charge on any atom is 0.339 e. The molecular formula is C12H13N3O3S. The van der Waals surface area contributed by atoms with Crippen molar-refractivity contribution in [3.8, 4) is 0 Å². The molecule has 2 heterocycles. The number of aromatic nitrogens is 2. The quantitative estimate of drug-likeness (QED) is 0.862. The van der Waals surface area contributed by atoms with Crippen LogP contribution in [0.1, 0.15) is 16.1 Å². The van der Waals surface area contributed by atoms with E-state index in [9.17, 15) is 9.59 Å². The molecule has 1 N–H and O–H groups in total. The highest BCUT2D eigenvalue weighted by Gasteiger charge is 2.12. The number of thiophene rings is 1. The van der Waals surface area contributed by atoms with Crippen molar-refractivity contribution in [2.75, 3.05) is 11.9 Å². The number of anilines is 1. The van der Waals surface area contributed by atoms with Gasteiger partial charge in [-0.1, -0.05) is 0 Å². The standard InChI is InChI=1S/C12H13N3O3S/c1-8-5-10(15(2)14-8)13-11(16)6-18-12(17)9-3-4-19-7-9/h3-5,7H,6H2,1-2H3,(H,13,16). The number of nitrogens with zero attached hydrogens (tertiary/aromatic N) is 2. The molecule has 6 nitrogen and oxygen atoms in total. The SMILES string of the molecule is Cc1cc(NC(=O)COC(=O)c2ccsc2)n(C)n1. The summed E-state index contributed by atoms with van der Waals surface area (Å²) in [6, 6.07) is 3.38. The predicted molar refractivity (Wildman–Crippen MR) is 71.2 cm³/mol. The Kier molecular flexibility index (Phi) is 3.96. The third kappa shape index (κ3) is 3.41. The van der Waals surface area contributed by atoms with Crippen molar-refractivity contribution >= 4 is 29.0 Å². The number of esters is 1. The van der Waals surface area contributed by atoms with E-state index in [1.165, 1.54) is 11.3 Å². The number of carbonyl (C=O) groups is 2. The summed E-state index contributed by atoms with van der Waals surface area (Å²) in [4.78, 5) is 23.1. The van der Waals surface area contributed by atoms with Gasteiger partial charge >= 0.3 is 5.97 Å². The van der Waals surface area contributed by atoms with Gasteiger partial charge in [0.2, 0.25) is 0 Å². The van der Waals surface area contributed by atoms with Gasteiger partial charge in [-0.2, -0.15) is 16.4 Å². The van der Waals surface area contributed by atoms with Crippen molar-refractivity contribution in [1.82, 2.24) is 9.78 Å². The van der Waals surface area contributed by atoms with Gasteiger partial charge in [-0.25, -0.2) is 4.79 Å². The van der Waals surface area contributed by atoms with Crippen molar-refractivity contribution in [3.63, 3.8) is 0 Å². The summed E-state index contributed by atoms with van der Waals surface area (Å²) in [6.07, 6.45) is 0. The van der Waals surface area contributed by atoms with Crippen molar-refractivity contribution in [1.29, 1.82) is 0 Å². The van der Waals surface area contributed by atoms with Crippen LogP contribution in [-0.2, 0) is 16.6 Å². The van der Waals surface area contributed by atoms with E-state index in [0.29, 0.717) is 11.4 Å². The van der Waals surface area contributed by atoms with E-state index in [2.05, 4.69) is 10.4 Å². The van der Waals surface area contributed by atoms with Crippen LogP contribution in [0.5, 0.6) is 0 Å². The summed E-state index contributed by atoms with van der Waals surface area (Å²) in [5.41, 5.74) is 1.25. The number of aryl methyl sites for hydroxylation is 2. The third-order valence-electron chi connectivity index (χ3n) is 2.36. The summed E-state index contributed by atoms with van der Waals surface area (Å²) >= 11 is 1.40. The summed E-state index contributed by atoms with van der Waals surface area (Å²) in [7, 11) is 1.72. The predicted octanol–water partition coefficient (Wildman–Crippen LogP) is 1.59. The molecule has 2 aromatic rings. The summed E-state index contributed by atoms with van der Waals surface area (Å²) in [6.45, 7) is 1.51. The van der Waals surface area contributed by atoms with Gasteiger partial charge in [-0.05, 0) is 18.4 Å². The lowest BCUT2D eigenvalue weighted by Crippen LogP contribution is -2.22. The van der Waals surface area contributed by atoms with Crippen molar-refractivity contribution in [2.24, 2.45) is 7.05 Å². The minimum absolute atomic E-state index is 0.321. The van der Waals surface area contributed by atoms with Crippen LogP contribution in [0.25, 0.3) is 0 Å². The van der Waals surface area contributed by atoms with E-state index in [4.69, 9.17) is 4.74 Å². The average Bonchev–Trinajstić information content (AvgIpc) is 2.97. The minimum atomic E-state index is -0.502. The molecule has 0 spiro atoms. The summed E-state index contributed by atoms with van der Waals surface area (Å²) in [5.74, 6) is -0.335. The van der Waals surface area contributed by atoms with Gasteiger partial charge < -0.3 is 10.1 Å². The highest BCUT2D eigenvalue weighted by Crippen LogP contribution is 2.09.